The molecule has 0 fully saturated rings. The summed E-state index contributed by atoms with van der Waals surface area (Å²) in [6.45, 7) is 1.87. The molecule has 0 radical (unpaired) electrons. The minimum atomic E-state index is -0.0730. The number of nitrogens with zero attached hydrogens (tertiary/aromatic N) is 2. The second-order valence-electron chi connectivity index (χ2n) is 5.62. The highest BCUT2D eigenvalue weighted by Gasteiger charge is 2.15. The van der Waals surface area contributed by atoms with E-state index < -0.39 is 0 Å². The molecule has 1 heterocycles. The van der Waals surface area contributed by atoms with Crippen molar-refractivity contribution in [3.63, 3.8) is 0 Å². The summed E-state index contributed by atoms with van der Waals surface area (Å²) < 4.78 is 5.00. The largest absolute Gasteiger partial charge is 0.504 e. The van der Waals surface area contributed by atoms with Gasteiger partial charge in [0.25, 0.3) is 0 Å². The fraction of sp³-hybridized carbons (Fsp3) is 0.150. The molecule has 6 heteroatoms. The number of phenols is 1. The van der Waals surface area contributed by atoms with Crippen molar-refractivity contribution in [3.8, 4) is 22.1 Å². The molecule has 0 aliphatic heterocycles. The van der Waals surface area contributed by atoms with Gasteiger partial charge in [0.15, 0.2) is 17.3 Å². The maximum atomic E-state index is 12.5. The predicted molar refractivity (Wildman–Crippen MR) is 104 cm³/mol. The molecule has 3 rings (SSSR count). The number of aromatic nitrogens is 1. The number of rotatable bonds is 6. The lowest BCUT2D eigenvalue weighted by atomic mass is 10.2. The van der Waals surface area contributed by atoms with Crippen LogP contribution in [-0.4, -0.2) is 35.7 Å². The summed E-state index contributed by atoms with van der Waals surface area (Å²) in [5.74, 6) is 0.358. The maximum Gasteiger partial charge on any atom is 0.196 e. The molecule has 0 amide bonds. The third kappa shape index (κ3) is 3.97. The van der Waals surface area contributed by atoms with E-state index in [0.717, 1.165) is 16.3 Å². The molecular weight excluding hydrogens is 348 g/mol. The Kier molecular flexibility index (Phi) is 5.43. The summed E-state index contributed by atoms with van der Waals surface area (Å²) in [5, 5.41) is 10.6. The molecule has 0 bridgehead atoms. The van der Waals surface area contributed by atoms with Crippen molar-refractivity contribution in [1.29, 1.82) is 0 Å². The molecular formula is C20H18N2O3S. The number of thiazole rings is 1. The van der Waals surface area contributed by atoms with Gasteiger partial charge < -0.3 is 9.84 Å². The predicted octanol–water partition coefficient (Wildman–Crippen LogP) is 4.13. The van der Waals surface area contributed by atoms with Gasteiger partial charge >= 0.3 is 0 Å². The highest BCUT2D eigenvalue weighted by molar-refractivity contribution is 7.17. The van der Waals surface area contributed by atoms with Crippen LogP contribution in [0.3, 0.4) is 0 Å². The van der Waals surface area contributed by atoms with E-state index in [-0.39, 0.29) is 18.1 Å². The zero-order valence-electron chi connectivity index (χ0n) is 14.5. The number of aliphatic imine (C=N–C) groups is 1. The van der Waals surface area contributed by atoms with Crippen LogP contribution in [0.2, 0.25) is 0 Å². The summed E-state index contributed by atoms with van der Waals surface area (Å²) in [5.41, 5.74) is 2.41. The number of ketones is 1. The molecule has 0 atom stereocenters. The number of aryl methyl sites for hydroxylation is 1. The van der Waals surface area contributed by atoms with Crippen molar-refractivity contribution in [2.75, 3.05) is 13.7 Å². The van der Waals surface area contributed by atoms with Crippen molar-refractivity contribution >= 4 is 23.3 Å². The van der Waals surface area contributed by atoms with Gasteiger partial charge in [0.2, 0.25) is 0 Å². The van der Waals surface area contributed by atoms with E-state index >= 15 is 0 Å². The van der Waals surface area contributed by atoms with Gasteiger partial charge in [0, 0.05) is 11.8 Å². The van der Waals surface area contributed by atoms with E-state index in [9.17, 15) is 9.90 Å². The van der Waals surface area contributed by atoms with Crippen LogP contribution in [0.15, 0.2) is 53.5 Å². The van der Waals surface area contributed by atoms with Crippen LogP contribution >= 0.6 is 11.3 Å². The first kappa shape index (κ1) is 17.8. The van der Waals surface area contributed by atoms with Crippen molar-refractivity contribution in [3.05, 3.63) is 64.7 Å². The summed E-state index contributed by atoms with van der Waals surface area (Å²) in [6, 6.07) is 14.7. The van der Waals surface area contributed by atoms with E-state index in [0.29, 0.717) is 16.2 Å². The Balaban J connectivity index is 1.70. The van der Waals surface area contributed by atoms with E-state index in [2.05, 4.69) is 9.98 Å². The number of hydrogen-bond acceptors (Lipinski definition) is 6. The number of methoxy groups -OCH3 is 1. The summed E-state index contributed by atoms with van der Waals surface area (Å²) in [7, 11) is 1.49. The third-order valence-electron chi connectivity index (χ3n) is 3.75. The van der Waals surface area contributed by atoms with E-state index in [1.807, 2.05) is 37.3 Å². The van der Waals surface area contributed by atoms with Crippen molar-refractivity contribution in [2.24, 2.45) is 4.99 Å². The average Bonchev–Trinajstić information content (AvgIpc) is 3.04. The summed E-state index contributed by atoms with van der Waals surface area (Å²) in [6.07, 6.45) is 1.56. The van der Waals surface area contributed by atoms with Crippen molar-refractivity contribution < 1.29 is 14.6 Å². The fourth-order valence-electron chi connectivity index (χ4n) is 2.45. The number of ether oxygens (including phenoxy) is 1. The van der Waals surface area contributed by atoms with Crippen LogP contribution in [-0.2, 0) is 0 Å². The molecule has 0 aliphatic carbocycles. The molecule has 1 N–H and O–H groups in total. The Morgan fingerprint density at radius 1 is 1.27 bits per heavy atom. The van der Waals surface area contributed by atoms with E-state index in [1.165, 1.54) is 24.5 Å². The molecule has 26 heavy (non-hydrogen) atoms. The number of Topliss-reactive ketones (excluding diaryl/α,β-unsaturated/α-hetero) is 1. The number of carbonyl (C=O) groups excluding carboxylic acids is 1. The summed E-state index contributed by atoms with van der Waals surface area (Å²) >= 11 is 1.38. The van der Waals surface area contributed by atoms with Crippen molar-refractivity contribution in [2.45, 2.75) is 6.92 Å². The number of phenolic OH excluding ortho intramolecular Hbond substituents is 1. The summed E-state index contributed by atoms with van der Waals surface area (Å²) in [4.78, 5) is 21.8. The normalized spacial score (nSPS) is 11.0. The SMILES string of the molecule is COc1ccc(C=NCC(=O)c2sc(-c3ccccc3)nc2C)cc1O. The Bertz CT molecular complexity index is 949. The lowest BCUT2D eigenvalue weighted by Gasteiger charge is -2.02. The molecule has 0 saturated heterocycles. The zero-order chi connectivity index (χ0) is 18.5. The number of aromatic hydroxyl groups is 1. The van der Waals surface area contributed by atoms with Gasteiger partial charge in [-0.25, -0.2) is 4.98 Å². The molecule has 3 aromatic rings. The Labute approximate surface area is 155 Å². The first-order valence-corrected chi connectivity index (χ1v) is 8.83. The molecule has 0 spiro atoms. The lowest BCUT2D eigenvalue weighted by Crippen LogP contribution is -2.03. The minimum Gasteiger partial charge on any atom is -0.504 e. The number of hydrogen-bond donors (Lipinski definition) is 1. The van der Waals surface area contributed by atoms with Gasteiger partial charge in [-0.15, -0.1) is 11.3 Å². The molecule has 0 unspecified atom stereocenters. The minimum absolute atomic E-state index is 0.0318. The Morgan fingerprint density at radius 3 is 2.73 bits per heavy atom. The number of carbonyl (C=O) groups is 1. The lowest BCUT2D eigenvalue weighted by molar-refractivity contribution is 0.100. The van der Waals surface area contributed by atoms with Crippen LogP contribution in [0.25, 0.3) is 10.6 Å². The first-order chi connectivity index (χ1) is 12.6. The Morgan fingerprint density at radius 2 is 2.04 bits per heavy atom. The average molecular weight is 366 g/mol. The van der Waals surface area contributed by atoms with Crippen LogP contribution in [0, 0.1) is 6.92 Å². The standard InChI is InChI=1S/C20H18N2O3S/c1-13-19(26-20(22-13)15-6-4-3-5-7-15)17(24)12-21-11-14-8-9-18(25-2)16(23)10-14/h3-11,23H,12H2,1-2H3. The highest BCUT2D eigenvalue weighted by Crippen LogP contribution is 2.28. The maximum absolute atomic E-state index is 12.5. The first-order valence-electron chi connectivity index (χ1n) is 8.01. The van der Waals surface area contributed by atoms with Gasteiger partial charge in [-0.3, -0.25) is 9.79 Å². The van der Waals surface area contributed by atoms with Crippen LogP contribution in [0.1, 0.15) is 20.9 Å². The second-order valence-corrected chi connectivity index (χ2v) is 6.62. The van der Waals surface area contributed by atoms with Crippen molar-refractivity contribution in [1.82, 2.24) is 4.98 Å². The molecule has 0 aliphatic rings. The monoisotopic (exact) mass is 366 g/mol. The molecule has 2 aromatic carbocycles. The van der Waals surface area contributed by atoms with Crippen LogP contribution < -0.4 is 4.74 Å². The zero-order valence-corrected chi connectivity index (χ0v) is 15.3. The fourth-order valence-corrected chi connectivity index (χ4v) is 3.45. The van der Waals surface area contributed by atoms with Gasteiger partial charge in [0.1, 0.15) is 11.6 Å². The number of benzene rings is 2. The quantitative estimate of drug-likeness (QED) is 0.526. The molecule has 132 valence electrons. The topological polar surface area (TPSA) is 71.8 Å². The highest BCUT2D eigenvalue weighted by atomic mass is 32.1. The van der Waals surface area contributed by atoms with Gasteiger partial charge in [0.05, 0.1) is 17.7 Å². The van der Waals surface area contributed by atoms with Gasteiger partial charge in [-0.05, 0) is 30.7 Å². The molecule has 1 aromatic heterocycles. The smallest absolute Gasteiger partial charge is 0.196 e. The van der Waals surface area contributed by atoms with Gasteiger partial charge in [-0.2, -0.15) is 0 Å². The van der Waals surface area contributed by atoms with E-state index in [4.69, 9.17) is 4.74 Å². The van der Waals surface area contributed by atoms with Crippen LogP contribution in [0.5, 0.6) is 11.5 Å². The van der Waals surface area contributed by atoms with Gasteiger partial charge in [-0.1, -0.05) is 30.3 Å². The Hall–Kier alpha value is -2.99. The second kappa shape index (κ2) is 7.93. The molecule has 5 nitrogen and oxygen atoms in total. The van der Waals surface area contributed by atoms with E-state index in [1.54, 1.807) is 18.3 Å². The molecule has 0 saturated carbocycles. The third-order valence-corrected chi connectivity index (χ3v) is 5.00. The van der Waals surface area contributed by atoms with Crippen LogP contribution in [0.4, 0.5) is 0 Å².